The molecule has 2 aromatic carbocycles. The van der Waals surface area contributed by atoms with Crippen LogP contribution in [0.3, 0.4) is 0 Å². The van der Waals surface area contributed by atoms with Gasteiger partial charge in [-0.2, -0.15) is 0 Å². The zero-order chi connectivity index (χ0) is 21.0. The summed E-state index contributed by atoms with van der Waals surface area (Å²) in [4.78, 5) is 14.6. The topological polar surface area (TPSA) is 38.8 Å². The molecule has 0 N–H and O–H groups in total. The maximum atomic E-state index is 12.5. The molecule has 1 saturated heterocycles. The average Bonchev–Trinajstić information content (AvgIpc) is 2.95. The Morgan fingerprint density at radius 2 is 2.10 bits per heavy atom. The lowest BCUT2D eigenvalue weighted by atomic mass is 10.1. The number of thiocarbonyl (C=S) groups is 1. The maximum absolute atomic E-state index is 12.5. The minimum absolute atomic E-state index is 0.118. The minimum Gasteiger partial charge on any atom is -0.493 e. The Kier molecular flexibility index (Phi) is 7.61. The third-order valence-corrected chi connectivity index (χ3v) is 6.61. The molecule has 8 heteroatoms. The van der Waals surface area contributed by atoms with E-state index in [4.69, 9.17) is 33.3 Å². The van der Waals surface area contributed by atoms with E-state index in [0.717, 1.165) is 14.7 Å². The second-order valence-corrected chi connectivity index (χ2v) is 9.24. The molecular weight excluding hydrogens is 541 g/mol. The van der Waals surface area contributed by atoms with E-state index in [9.17, 15) is 4.79 Å². The van der Waals surface area contributed by atoms with Gasteiger partial charge in [0.1, 0.15) is 10.9 Å². The number of ether oxygens (including phenoxy) is 2. The molecule has 1 aliphatic heterocycles. The van der Waals surface area contributed by atoms with Crippen LogP contribution in [-0.2, 0) is 11.4 Å². The molecule has 0 aromatic heterocycles. The van der Waals surface area contributed by atoms with E-state index >= 15 is 0 Å². The van der Waals surface area contributed by atoms with E-state index in [0.29, 0.717) is 38.9 Å². The van der Waals surface area contributed by atoms with Crippen LogP contribution in [0.1, 0.15) is 11.1 Å². The van der Waals surface area contributed by atoms with Crippen molar-refractivity contribution in [3.05, 3.63) is 73.7 Å². The van der Waals surface area contributed by atoms with Crippen molar-refractivity contribution in [3.63, 3.8) is 0 Å². The number of thioether (sulfide) groups is 1. The molecule has 1 amide bonds. The minimum atomic E-state index is -0.118. The van der Waals surface area contributed by atoms with Crippen LogP contribution in [0.4, 0.5) is 0 Å². The van der Waals surface area contributed by atoms with E-state index in [1.54, 1.807) is 13.2 Å². The molecule has 0 saturated carbocycles. The summed E-state index contributed by atoms with van der Waals surface area (Å²) in [6.45, 7) is 4.39. The Morgan fingerprint density at radius 3 is 2.79 bits per heavy atom. The summed E-state index contributed by atoms with van der Waals surface area (Å²) in [7, 11) is 1.58. The van der Waals surface area contributed by atoms with Crippen molar-refractivity contribution in [1.29, 1.82) is 0 Å². The number of methoxy groups -OCH3 is 1. The summed E-state index contributed by atoms with van der Waals surface area (Å²) in [5.74, 6) is 1.09. The van der Waals surface area contributed by atoms with Crippen molar-refractivity contribution in [3.8, 4) is 11.5 Å². The first-order valence-electron chi connectivity index (χ1n) is 8.54. The number of nitrogens with zero attached hydrogens (tertiary/aromatic N) is 1. The van der Waals surface area contributed by atoms with Gasteiger partial charge in [-0.15, -0.1) is 6.58 Å². The molecule has 1 fully saturated rings. The zero-order valence-corrected chi connectivity index (χ0v) is 20.0. The molecule has 2 aromatic rings. The monoisotopic (exact) mass is 557 g/mol. The summed E-state index contributed by atoms with van der Waals surface area (Å²) >= 11 is 15.0. The second-order valence-electron chi connectivity index (χ2n) is 6.00. The van der Waals surface area contributed by atoms with Gasteiger partial charge in [0.25, 0.3) is 5.91 Å². The summed E-state index contributed by atoms with van der Waals surface area (Å²) in [5.41, 5.74) is 1.72. The Bertz CT molecular complexity index is 1010. The molecule has 4 nitrogen and oxygen atoms in total. The fourth-order valence-corrected chi connectivity index (χ4v) is 4.91. The Balaban J connectivity index is 1.85. The molecule has 0 radical (unpaired) electrons. The van der Waals surface area contributed by atoms with Gasteiger partial charge in [0.05, 0.1) is 15.6 Å². The van der Waals surface area contributed by atoms with Crippen LogP contribution in [-0.4, -0.2) is 28.8 Å². The van der Waals surface area contributed by atoms with Crippen LogP contribution >= 0.6 is 58.2 Å². The number of amides is 1. The van der Waals surface area contributed by atoms with Crippen molar-refractivity contribution >= 4 is 74.5 Å². The molecule has 1 heterocycles. The lowest BCUT2D eigenvalue weighted by molar-refractivity contribution is -0.121. The third-order valence-electron chi connectivity index (χ3n) is 4.06. The highest BCUT2D eigenvalue weighted by Crippen LogP contribution is 2.38. The van der Waals surface area contributed by atoms with Gasteiger partial charge in [-0.1, -0.05) is 59.9 Å². The summed E-state index contributed by atoms with van der Waals surface area (Å²) in [6, 6.07) is 11.3. The highest BCUT2D eigenvalue weighted by Gasteiger charge is 2.31. The fraction of sp³-hybridized carbons (Fsp3) is 0.143. The van der Waals surface area contributed by atoms with Crippen LogP contribution in [0.25, 0.3) is 6.08 Å². The molecule has 0 spiro atoms. The number of rotatable bonds is 7. The Hall–Kier alpha value is -1.55. The van der Waals surface area contributed by atoms with Gasteiger partial charge in [-0.25, -0.2) is 0 Å². The van der Waals surface area contributed by atoms with Gasteiger partial charge < -0.3 is 9.47 Å². The first-order valence-corrected chi connectivity index (χ1v) is 11.2. The number of carbonyl (C=O) groups excluding carboxylic acids is 1. The molecule has 3 rings (SSSR count). The van der Waals surface area contributed by atoms with Crippen LogP contribution in [0, 0.1) is 3.57 Å². The SMILES string of the molecule is C=CCN1C(=O)C(=Cc2cc(I)c(OCc3ccccc3Cl)c(OC)c2)SC1=S. The number of carbonyl (C=O) groups is 1. The van der Waals surface area contributed by atoms with Gasteiger partial charge in [0.2, 0.25) is 0 Å². The van der Waals surface area contributed by atoms with Crippen molar-refractivity contribution in [2.75, 3.05) is 13.7 Å². The van der Waals surface area contributed by atoms with Gasteiger partial charge in [0, 0.05) is 17.1 Å². The van der Waals surface area contributed by atoms with E-state index in [2.05, 4.69) is 29.2 Å². The Labute approximate surface area is 198 Å². The first-order chi connectivity index (χ1) is 13.9. The summed E-state index contributed by atoms with van der Waals surface area (Å²) in [5, 5.41) is 0.652. The van der Waals surface area contributed by atoms with Crippen LogP contribution in [0.2, 0.25) is 5.02 Å². The number of hydrogen-bond acceptors (Lipinski definition) is 5. The molecular formula is C21H17ClINO3S2. The normalized spacial score (nSPS) is 15.1. The van der Waals surface area contributed by atoms with Crippen LogP contribution in [0.5, 0.6) is 11.5 Å². The highest BCUT2D eigenvalue weighted by atomic mass is 127. The lowest BCUT2D eigenvalue weighted by Crippen LogP contribution is -2.27. The number of benzene rings is 2. The van der Waals surface area contributed by atoms with E-state index in [1.165, 1.54) is 16.7 Å². The largest absolute Gasteiger partial charge is 0.493 e. The molecule has 0 unspecified atom stereocenters. The smallest absolute Gasteiger partial charge is 0.266 e. The fourth-order valence-electron chi connectivity index (χ4n) is 2.67. The molecule has 0 atom stereocenters. The summed E-state index contributed by atoms with van der Waals surface area (Å²) in [6.07, 6.45) is 3.47. The quantitative estimate of drug-likeness (QED) is 0.183. The van der Waals surface area contributed by atoms with Crippen molar-refractivity contribution in [1.82, 2.24) is 4.90 Å². The second kappa shape index (κ2) is 9.97. The van der Waals surface area contributed by atoms with Gasteiger partial charge >= 0.3 is 0 Å². The molecule has 29 heavy (non-hydrogen) atoms. The van der Waals surface area contributed by atoms with Gasteiger partial charge in [0.15, 0.2) is 11.5 Å². The molecule has 0 bridgehead atoms. The zero-order valence-electron chi connectivity index (χ0n) is 15.5. The predicted molar refractivity (Wildman–Crippen MR) is 132 cm³/mol. The van der Waals surface area contributed by atoms with E-state index in [-0.39, 0.29) is 5.91 Å². The predicted octanol–water partition coefficient (Wildman–Crippen LogP) is 5.92. The van der Waals surface area contributed by atoms with Crippen molar-refractivity contribution in [2.24, 2.45) is 0 Å². The van der Waals surface area contributed by atoms with Crippen LogP contribution in [0.15, 0.2) is 54.0 Å². The lowest BCUT2D eigenvalue weighted by Gasteiger charge is -2.14. The van der Waals surface area contributed by atoms with E-state index in [1.807, 2.05) is 42.5 Å². The Morgan fingerprint density at radius 1 is 1.34 bits per heavy atom. The standard InChI is InChI=1S/C21H17ClINO3S2/c1-3-8-24-20(25)18(29-21(24)28)11-13-9-16(23)19(17(10-13)26-2)27-12-14-6-4-5-7-15(14)22/h3-7,9-11H,1,8,12H2,2H3. The van der Waals surface area contributed by atoms with Crippen molar-refractivity contribution < 1.29 is 14.3 Å². The van der Waals surface area contributed by atoms with E-state index < -0.39 is 0 Å². The van der Waals surface area contributed by atoms with Crippen molar-refractivity contribution in [2.45, 2.75) is 6.61 Å². The first kappa shape index (κ1) is 22.1. The third kappa shape index (κ3) is 5.14. The molecule has 150 valence electrons. The number of halogens is 2. The molecule has 0 aliphatic carbocycles. The maximum Gasteiger partial charge on any atom is 0.266 e. The van der Waals surface area contributed by atoms with Crippen LogP contribution < -0.4 is 9.47 Å². The van der Waals surface area contributed by atoms with Gasteiger partial charge in [-0.3, -0.25) is 9.69 Å². The summed E-state index contributed by atoms with van der Waals surface area (Å²) < 4.78 is 12.9. The highest BCUT2D eigenvalue weighted by molar-refractivity contribution is 14.1. The van der Waals surface area contributed by atoms with Gasteiger partial charge in [-0.05, 0) is 52.4 Å². The average molecular weight is 558 g/mol. The number of hydrogen-bond donors (Lipinski definition) is 0. The molecule has 1 aliphatic rings.